The van der Waals surface area contributed by atoms with E-state index in [2.05, 4.69) is 4.98 Å². The molecule has 0 atom stereocenters. The molecule has 0 saturated heterocycles. The maximum Gasteiger partial charge on any atom is 0.277 e. The summed E-state index contributed by atoms with van der Waals surface area (Å²) in [6.45, 7) is 0.760. The summed E-state index contributed by atoms with van der Waals surface area (Å²) < 4.78 is 27.8. The molecule has 2 heterocycles. The molecule has 0 aliphatic heterocycles. The van der Waals surface area contributed by atoms with Crippen LogP contribution in [-0.2, 0) is 19.5 Å². The van der Waals surface area contributed by atoms with Crippen molar-refractivity contribution in [3.63, 3.8) is 0 Å². The number of para-hydroxylation sites is 1. The molecule has 178 valence electrons. The van der Waals surface area contributed by atoms with Crippen molar-refractivity contribution in [3.05, 3.63) is 99.3 Å². The molecule has 0 aliphatic rings. The highest BCUT2D eigenvalue weighted by atomic mass is 35.5. The number of halogens is 2. The van der Waals surface area contributed by atoms with Gasteiger partial charge in [-0.25, -0.2) is 9.37 Å². The van der Waals surface area contributed by atoms with E-state index in [-0.39, 0.29) is 5.56 Å². The van der Waals surface area contributed by atoms with Crippen molar-refractivity contribution < 1.29 is 13.9 Å². The summed E-state index contributed by atoms with van der Waals surface area (Å²) in [6.07, 6.45) is 2.20. The zero-order valence-electron chi connectivity index (χ0n) is 19.3. The molecule has 0 saturated carbocycles. The minimum absolute atomic E-state index is 0.148. The molecule has 3 aromatic carbocycles. The molecular weight excluding hydrogens is 469 g/mol. The molecule has 8 heteroatoms. The zero-order chi connectivity index (χ0) is 24.5. The van der Waals surface area contributed by atoms with Crippen molar-refractivity contribution in [1.29, 1.82) is 0 Å². The summed E-state index contributed by atoms with van der Waals surface area (Å²) in [4.78, 5) is 18.3. The lowest BCUT2D eigenvalue weighted by Crippen LogP contribution is -2.23. The summed E-state index contributed by atoms with van der Waals surface area (Å²) in [5.74, 6) is 0.892. The molecule has 6 nitrogen and oxygen atoms in total. The van der Waals surface area contributed by atoms with Crippen molar-refractivity contribution in [2.45, 2.75) is 19.5 Å². The average molecular weight is 492 g/mol. The number of nitrogens with zero attached hydrogens (tertiary/aromatic N) is 3. The second-order valence-corrected chi connectivity index (χ2v) is 8.63. The van der Waals surface area contributed by atoms with Crippen molar-refractivity contribution in [1.82, 2.24) is 14.1 Å². The SMILES string of the molecule is COc1ccc(CCn2cnc3c4ccccc4n(Cc4ccc(F)cc4Cl)c3c2=O)cc1OC. The Bertz CT molecular complexity index is 1610. The van der Waals surface area contributed by atoms with E-state index in [4.69, 9.17) is 21.1 Å². The van der Waals surface area contributed by atoms with Crippen LogP contribution in [0, 0.1) is 5.82 Å². The van der Waals surface area contributed by atoms with Gasteiger partial charge in [0, 0.05) is 23.5 Å². The largest absolute Gasteiger partial charge is 0.493 e. The summed E-state index contributed by atoms with van der Waals surface area (Å²) in [6, 6.07) is 17.7. The van der Waals surface area contributed by atoms with Crippen LogP contribution >= 0.6 is 11.6 Å². The molecule has 5 aromatic rings. The number of benzene rings is 3. The third-order valence-corrected chi connectivity index (χ3v) is 6.52. The van der Waals surface area contributed by atoms with Gasteiger partial charge in [0.15, 0.2) is 11.5 Å². The molecule has 0 spiro atoms. The molecule has 0 unspecified atom stereocenters. The first-order chi connectivity index (χ1) is 17.0. The second-order valence-electron chi connectivity index (χ2n) is 8.22. The normalized spacial score (nSPS) is 11.3. The molecule has 5 rings (SSSR count). The van der Waals surface area contributed by atoms with Gasteiger partial charge in [-0.05, 0) is 47.9 Å². The quantitative estimate of drug-likeness (QED) is 0.304. The Morgan fingerprint density at radius 1 is 1.00 bits per heavy atom. The van der Waals surface area contributed by atoms with Crippen LogP contribution in [0.5, 0.6) is 11.5 Å². The zero-order valence-corrected chi connectivity index (χ0v) is 20.1. The molecule has 0 fully saturated rings. The van der Waals surface area contributed by atoms with Gasteiger partial charge in [0.25, 0.3) is 5.56 Å². The number of hydrogen-bond acceptors (Lipinski definition) is 4. The molecule has 0 bridgehead atoms. The highest BCUT2D eigenvalue weighted by Gasteiger charge is 2.17. The van der Waals surface area contributed by atoms with Crippen LogP contribution in [0.3, 0.4) is 0 Å². The van der Waals surface area contributed by atoms with Crippen LogP contribution in [0.2, 0.25) is 5.02 Å². The summed E-state index contributed by atoms with van der Waals surface area (Å²) in [7, 11) is 3.19. The minimum Gasteiger partial charge on any atom is -0.493 e. The maximum atomic E-state index is 13.7. The Hall–Kier alpha value is -3.84. The van der Waals surface area contributed by atoms with Gasteiger partial charge in [-0.3, -0.25) is 9.36 Å². The van der Waals surface area contributed by atoms with Crippen LogP contribution in [-0.4, -0.2) is 28.3 Å². The Labute approximate surface area is 206 Å². The van der Waals surface area contributed by atoms with Crippen LogP contribution in [0.15, 0.2) is 71.8 Å². The average Bonchev–Trinajstić information content (AvgIpc) is 3.19. The predicted molar refractivity (Wildman–Crippen MR) is 135 cm³/mol. The Kier molecular flexibility index (Phi) is 6.17. The molecule has 0 radical (unpaired) electrons. The van der Waals surface area contributed by atoms with Crippen LogP contribution in [0.25, 0.3) is 21.9 Å². The smallest absolute Gasteiger partial charge is 0.277 e. The Morgan fingerprint density at radius 2 is 1.80 bits per heavy atom. The van der Waals surface area contributed by atoms with Crippen LogP contribution in [0.4, 0.5) is 4.39 Å². The topological polar surface area (TPSA) is 58.3 Å². The number of methoxy groups -OCH3 is 2. The van der Waals surface area contributed by atoms with E-state index in [1.165, 1.54) is 12.1 Å². The van der Waals surface area contributed by atoms with Crippen molar-refractivity contribution in [3.8, 4) is 11.5 Å². The lowest BCUT2D eigenvalue weighted by atomic mass is 10.1. The van der Waals surface area contributed by atoms with Crippen LogP contribution in [0.1, 0.15) is 11.1 Å². The lowest BCUT2D eigenvalue weighted by molar-refractivity contribution is 0.354. The lowest BCUT2D eigenvalue weighted by Gasteiger charge is -2.12. The fourth-order valence-corrected chi connectivity index (χ4v) is 4.60. The van der Waals surface area contributed by atoms with Gasteiger partial charge in [0.1, 0.15) is 16.9 Å². The number of rotatable bonds is 7. The van der Waals surface area contributed by atoms with E-state index >= 15 is 0 Å². The van der Waals surface area contributed by atoms with E-state index in [9.17, 15) is 9.18 Å². The summed E-state index contributed by atoms with van der Waals surface area (Å²) in [5.41, 5.74) is 3.56. The van der Waals surface area contributed by atoms with Gasteiger partial charge in [-0.2, -0.15) is 0 Å². The number of aryl methyl sites for hydroxylation is 2. The number of fused-ring (bicyclic) bond motifs is 3. The maximum absolute atomic E-state index is 13.7. The molecule has 0 amide bonds. The van der Waals surface area contributed by atoms with Crippen molar-refractivity contribution >= 4 is 33.5 Å². The first kappa shape index (κ1) is 22.9. The molecule has 2 aromatic heterocycles. The third kappa shape index (κ3) is 4.23. The first-order valence-electron chi connectivity index (χ1n) is 11.1. The molecular formula is C27H23ClFN3O3. The highest BCUT2D eigenvalue weighted by Crippen LogP contribution is 2.29. The van der Waals surface area contributed by atoms with E-state index in [0.29, 0.717) is 47.1 Å². The van der Waals surface area contributed by atoms with Gasteiger partial charge in [-0.15, -0.1) is 0 Å². The summed E-state index contributed by atoms with van der Waals surface area (Å²) >= 11 is 6.31. The van der Waals surface area contributed by atoms with Gasteiger partial charge in [0.2, 0.25) is 0 Å². The van der Waals surface area contributed by atoms with E-state index in [1.807, 2.05) is 47.0 Å². The predicted octanol–water partition coefficient (Wildman–Crippen LogP) is 5.45. The van der Waals surface area contributed by atoms with Gasteiger partial charge in [0.05, 0.1) is 26.1 Å². The first-order valence-corrected chi connectivity index (χ1v) is 11.5. The fourth-order valence-electron chi connectivity index (χ4n) is 4.38. The van der Waals surface area contributed by atoms with Crippen molar-refractivity contribution in [2.75, 3.05) is 14.2 Å². The van der Waals surface area contributed by atoms with E-state index in [1.54, 1.807) is 31.2 Å². The van der Waals surface area contributed by atoms with Gasteiger partial charge in [-0.1, -0.05) is 41.9 Å². The van der Waals surface area contributed by atoms with Gasteiger partial charge < -0.3 is 14.0 Å². The number of ether oxygens (including phenoxy) is 2. The number of aromatic nitrogens is 3. The fraction of sp³-hybridized carbons (Fsp3) is 0.185. The number of hydrogen-bond donors (Lipinski definition) is 0. The standard InChI is InChI=1S/C27H23ClFN3O3/c1-34-23-10-7-17(13-24(23)35-2)11-12-31-16-30-25-20-5-3-4-6-22(20)32(26(25)27(31)33)15-18-8-9-19(29)14-21(18)28/h3-10,13-14,16H,11-12,15H2,1-2H3. The van der Waals surface area contributed by atoms with E-state index in [0.717, 1.165) is 22.0 Å². The molecule has 0 N–H and O–H groups in total. The Morgan fingerprint density at radius 3 is 2.57 bits per heavy atom. The monoisotopic (exact) mass is 491 g/mol. The minimum atomic E-state index is -0.403. The Balaban J connectivity index is 1.56. The highest BCUT2D eigenvalue weighted by molar-refractivity contribution is 6.31. The van der Waals surface area contributed by atoms with Crippen molar-refractivity contribution in [2.24, 2.45) is 0 Å². The second kappa shape index (κ2) is 9.43. The van der Waals surface area contributed by atoms with Gasteiger partial charge >= 0.3 is 0 Å². The third-order valence-electron chi connectivity index (χ3n) is 6.17. The van der Waals surface area contributed by atoms with Crippen LogP contribution < -0.4 is 15.0 Å². The van der Waals surface area contributed by atoms with E-state index < -0.39 is 5.82 Å². The molecule has 35 heavy (non-hydrogen) atoms. The summed E-state index contributed by atoms with van der Waals surface area (Å²) in [5, 5.41) is 1.19. The molecule has 0 aliphatic carbocycles.